The van der Waals surface area contributed by atoms with Crippen LogP contribution in [-0.4, -0.2) is 22.8 Å². The lowest BCUT2D eigenvalue weighted by atomic mass is 10.2. The summed E-state index contributed by atoms with van der Waals surface area (Å²) >= 11 is 7.85. The lowest BCUT2D eigenvalue weighted by molar-refractivity contribution is -0.118. The smallest absolute Gasteiger partial charge is 0.250 e. The fraction of sp³-hybridized carbons (Fsp3) is 0.294. The summed E-state index contributed by atoms with van der Waals surface area (Å²) < 4.78 is 1.56. The number of carbonyl (C=O) groups excluding carboxylic acids is 1. The monoisotopic (exact) mass is 348 g/mol. The maximum atomic E-state index is 12.7. The molecule has 0 saturated carbocycles. The molecular weight excluding hydrogens is 332 g/mol. The highest BCUT2D eigenvalue weighted by molar-refractivity contribution is 7.99. The number of anilines is 1. The molecule has 1 aliphatic heterocycles. The third kappa shape index (κ3) is 3.79. The highest BCUT2D eigenvalue weighted by Crippen LogP contribution is 2.36. The van der Waals surface area contributed by atoms with E-state index >= 15 is 0 Å². The van der Waals surface area contributed by atoms with E-state index in [1.165, 1.54) is 6.07 Å². The van der Waals surface area contributed by atoms with Gasteiger partial charge in [0, 0.05) is 41.7 Å². The van der Waals surface area contributed by atoms with Gasteiger partial charge in [-0.1, -0.05) is 17.7 Å². The fourth-order valence-corrected chi connectivity index (χ4v) is 3.75. The van der Waals surface area contributed by atoms with E-state index < -0.39 is 0 Å². The molecule has 1 aliphatic rings. The van der Waals surface area contributed by atoms with E-state index in [-0.39, 0.29) is 11.5 Å². The Hall–Kier alpha value is -1.72. The number of aromatic nitrogens is 1. The van der Waals surface area contributed by atoms with Crippen molar-refractivity contribution >= 4 is 35.0 Å². The second kappa shape index (κ2) is 7.23. The van der Waals surface area contributed by atoms with E-state index in [9.17, 15) is 9.59 Å². The molecule has 4 nitrogen and oxygen atoms in total. The molecule has 0 N–H and O–H groups in total. The number of aryl methyl sites for hydroxylation is 1. The van der Waals surface area contributed by atoms with Gasteiger partial charge in [-0.25, -0.2) is 0 Å². The van der Waals surface area contributed by atoms with Crippen LogP contribution in [0, 0.1) is 0 Å². The quantitative estimate of drug-likeness (QED) is 0.853. The lowest BCUT2D eigenvalue weighted by Gasteiger charge is -2.23. The third-order valence-electron chi connectivity index (χ3n) is 3.76. The topological polar surface area (TPSA) is 42.3 Å². The van der Waals surface area contributed by atoms with Crippen molar-refractivity contribution in [3.8, 4) is 0 Å². The van der Waals surface area contributed by atoms with E-state index in [0.717, 1.165) is 22.8 Å². The molecule has 1 aromatic heterocycles. The molecule has 2 aromatic rings. The Labute approximate surface area is 144 Å². The van der Waals surface area contributed by atoms with Crippen LogP contribution >= 0.6 is 23.4 Å². The van der Waals surface area contributed by atoms with Crippen molar-refractivity contribution in [2.75, 3.05) is 17.2 Å². The molecule has 1 amide bonds. The van der Waals surface area contributed by atoms with E-state index in [2.05, 4.69) is 0 Å². The van der Waals surface area contributed by atoms with Crippen molar-refractivity contribution in [3.63, 3.8) is 0 Å². The minimum absolute atomic E-state index is 0.0202. The predicted octanol–water partition coefficient (Wildman–Crippen LogP) is 3.42. The Morgan fingerprint density at radius 3 is 2.96 bits per heavy atom. The first-order valence-corrected chi connectivity index (χ1v) is 8.90. The highest BCUT2D eigenvalue weighted by Gasteiger charge is 2.21. The van der Waals surface area contributed by atoms with Crippen LogP contribution in [-0.2, 0) is 11.3 Å². The maximum absolute atomic E-state index is 12.7. The van der Waals surface area contributed by atoms with Crippen LogP contribution in [0.1, 0.15) is 12.8 Å². The van der Waals surface area contributed by atoms with Gasteiger partial charge in [-0.05, 0) is 36.4 Å². The maximum Gasteiger partial charge on any atom is 0.250 e. The zero-order valence-corrected chi connectivity index (χ0v) is 14.1. The largest absolute Gasteiger partial charge is 0.315 e. The Bertz CT molecular complexity index is 775. The Morgan fingerprint density at radius 2 is 2.13 bits per heavy atom. The number of rotatable bonds is 3. The molecule has 0 radical (unpaired) electrons. The molecule has 0 spiro atoms. The molecule has 0 bridgehead atoms. The van der Waals surface area contributed by atoms with Gasteiger partial charge >= 0.3 is 0 Å². The van der Waals surface area contributed by atoms with Gasteiger partial charge in [-0.3, -0.25) is 9.59 Å². The van der Waals surface area contributed by atoms with Crippen LogP contribution in [0.15, 0.2) is 52.3 Å². The second-order valence-electron chi connectivity index (χ2n) is 5.34. The number of hydrogen-bond acceptors (Lipinski definition) is 3. The lowest BCUT2D eigenvalue weighted by Crippen LogP contribution is -2.33. The van der Waals surface area contributed by atoms with Crippen LogP contribution in [0.25, 0.3) is 0 Å². The zero-order chi connectivity index (χ0) is 16.2. The Morgan fingerprint density at radius 1 is 1.26 bits per heavy atom. The van der Waals surface area contributed by atoms with Crippen molar-refractivity contribution in [1.82, 2.24) is 4.57 Å². The molecule has 120 valence electrons. The molecule has 1 aromatic carbocycles. The first-order chi connectivity index (χ1) is 11.1. The van der Waals surface area contributed by atoms with Crippen LogP contribution < -0.4 is 10.5 Å². The molecule has 3 rings (SSSR count). The molecule has 0 fully saturated rings. The van der Waals surface area contributed by atoms with Gasteiger partial charge in [0.2, 0.25) is 5.91 Å². The molecule has 0 atom stereocenters. The number of thioether (sulfide) groups is 1. The second-order valence-corrected chi connectivity index (χ2v) is 6.91. The molecule has 2 heterocycles. The van der Waals surface area contributed by atoms with Gasteiger partial charge < -0.3 is 9.47 Å². The molecule has 0 saturated heterocycles. The Kier molecular flexibility index (Phi) is 5.08. The minimum atomic E-state index is -0.0878. The van der Waals surface area contributed by atoms with E-state index in [1.54, 1.807) is 39.6 Å². The van der Waals surface area contributed by atoms with Gasteiger partial charge in [0.05, 0.1) is 5.69 Å². The number of fused-ring (bicyclic) bond motifs is 1. The highest BCUT2D eigenvalue weighted by atomic mass is 35.5. The number of halogens is 1. The predicted molar refractivity (Wildman–Crippen MR) is 94.5 cm³/mol. The normalized spacial score (nSPS) is 14.2. The minimum Gasteiger partial charge on any atom is -0.315 e. The molecular formula is C17H17ClN2O2S. The molecule has 0 unspecified atom stereocenters. The number of benzene rings is 1. The number of nitrogens with zero attached hydrogens (tertiary/aromatic N) is 2. The zero-order valence-electron chi connectivity index (χ0n) is 12.6. The molecule has 0 aliphatic carbocycles. The van der Waals surface area contributed by atoms with Crippen LogP contribution in [0.2, 0.25) is 5.02 Å². The number of amides is 1. The van der Waals surface area contributed by atoms with Crippen molar-refractivity contribution < 1.29 is 4.79 Å². The summed E-state index contributed by atoms with van der Waals surface area (Å²) in [5.41, 5.74) is 0.792. The van der Waals surface area contributed by atoms with Gasteiger partial charge in [0.15, 0.2) is 0 Å². The van der Waals surface area contributed by atoms with Gasteiger partial charge in [0.25, 0.3) is 5.56 Å². The molecule has 6 heteroatoms. The Balaban J connectivity index is 1.78. The van der Waals surface area contributed by atoms with Crippen molar-refractivity contribution in [3.05, 3.63) is 58.0 Å². The number of carbonyl (C=O) groups is 1. The van der Waals surface area contributed by atoms with Crippen LogP contribution in [0.3, 0.4) is 0 Å². The van der Waals surface area contributed by atoms with Gasteiger partial charge in [0.1, 0.15) is 0 Å². The fourth-order valence-electron chi connectivity index (χ4n) is 2.60. The van der Waals surface area contributed by atoms with Gasteiger partial charge in [-0.2, -0.15) is 0 Å². The van der Waals surface area contributed by atoms with Crippen molar-refractivity contribution in [2.45, 2.75) is 24.3 Å². The standard InChI is InChI=1S/C17H17ClN2O2S/c18-13-5-6-15-14(12-13)20(9-3-11-23-15)17(22)7-10-19-8-2-1-4-16(19)21/h1-2,4-6,8,12H,3,7,9-11H2. The average molecular weight is 349 g/mol. The number of pyridine rings is 1. The first-order valence-electron chi connectivity index (χ1n) is 7.53. The number of hydrogen-bond donors (Lipinski definition) is 0. The van der Waals surface area contributed by atoms with E-state index in [4.69, 9.17) is 11.6 Å². The summed E-state index contributed by atoms with van der Waals surface area (Å²) in [6.45, 7) is 1.07. The van der Waals surface area contributed by atoms with Gasteiger partial charge in [-0.15, -0.1) is 11.8 Å². The summed E-state index contributed by atoms with van der Waals surface area (Å²) in [7, 11) is 0. The van der Waals surface area contributed by atoms with Crippen molar-refractivity contribution in [1.29, 1.82) is 0 Å². The molecule has 23 heavy (non-hydrogen) atoms. The SMILES string of the molecule is O=C(CCn1ccccc1=O)N1CCCSc2ccc(Cl)cc21. The van der Waals surface area contributed by atoms with Crippen LogP contribution in [0.4, 0.5) is 5.69 Å². The van der Waals surface area contributed by atoms with E-state index in [0.29, 0.717) is 24.5 Å². The third-order valence-corrected chi connectivity index (χ3v) is 5.15. The van der Waals surface area contributed by atoms with Crippen LogP contribution in [0.5, 0.6) is 0 Å². The van der Waals surface area contributed by atoms with E-state index in [1.807, 2.05) is 18.2 Å². The summed E-state index contributed by atoms with van der Waals surface area (Å²) in [5.74, 6) is 1.00. The summed E-state index contributed by atoms with van der Waals surface area (Å²) in [6.07, 6.45) is 2.94. The summed E-state index contributed by atoms with van der Waals surface area (Å²) in [4.78, 5) is 27.3. The van der Waals surface area contributed by atoms with Crippen molar-refractivity contribution in [2.24, 2.45) is 0 Å². The summed E-state index contributed by atoms with van der Waals surface area (Å²) in [5, 5.41) is 0.628. The average Bonchev–Trinajstić information content (AvgIpc) is 2.76. The first kappa shape index (κ1) is 16.1. The summed E-state index contributed by atoms with van der Waals surface area (Å²) in [6, 6.07) is 10.7.